The number of aryl methyl sites for hydroxylation is 1. The topological polar surface area (TPSA) is 17.8 Å². The Morgan fingerprint density at radius 3 is 2.75 bits per heavy atom. The number of rotatable bonds is 5. The molecule has 0 aliphatic heterocycles. The molecule has 0 amide bonds. The fraction of sp³-hybridized carbons (Fsp3) is 0.214. The van der Waals surface area contributed by atoms with E-state index in [1.54, 1.807) is 6.20 Å². The summed E-state index contributed by atoms with van der Waals surface area (Å²) in [5.74, 6) is 0. The van der Waals surface area contributed by atoms with Crippen LogP contribution in [0.4, 0.5) is 0 Å². The van der Waals surface area contributed by atoms with Gasteiger partial charge in [0.2, 0.25) is 0 Å². The first-order chi connectivity index (χ1) is 7.90. The summed E-state index contributed by atoms with van der Waals surface area (Å²) in [4.78, 5) is 4.06. The van der Waals surface area contributed by atoms with E-state index in [1.165, 1.54) is 5.56 Å². The average molecular weight is 212 g/mol. The predicted octanol–water partition coefficient (Wildman–Crippen LogP) is 3.24. The largest absolute Gasteiger partial charge is 0.331 e. The number of hydrogen-bond acceptors (Lipinski definition) is 1. The van der Waals surface area contributed by atoms with Crippen LogP contribution in [-0.2, 0) is 6.42 Å². The lowest BCUT2D eigenvalue weighted by Crippen LogP contribution is -2.05. The van der Waals surface area contributed by atoms with E-state index in [9.17, 15) is 0 Å². The molecule has 0 saturated heterocycles. The molecule has 0 aliphatic rings. The van der Waals surface area contributed by atoms with Gasteiger partial charge in [-0.25, -0.2) is 4.98 Å². The number of hydrogen-bond donors (Lipinski definition) is 0. The molecule has 0 spiro atoms. The second-order valence-corrected chi connectivity index (χ2v) is 3.84. The summed E-state index contributed by atoms with van der Waals surface area (Å²) >= 11 is 0. The molecule has 2 aromatic rings. The molecule has 16 heavy (non-hydrogen) atoms. The van der Waals surface area contributed by atoms with Gasteiger partial charge >= 0.3 is 0 Å². The summed E-state index contributed by atoms with van der Waals surface area (Å²) in [7, 11) is 0. The lowest BCUT2D eigenvalue weighted by molar-refractivity contribution is 0.557. The van der Waals surface area contributed by atoms with E-state index in [4.69, 9.17) is 0 Å². The van der Waals surface area contributed by atoms with Crippen LogP contribution in [0.5, 0.6) is 0 Å². The van der Waals surface area contributed by atoms with Crippen molar-refractivity contribution in [2.75, 3.05) is 0 Å². The summed E-state index contributed by atoms with van der Waals surface area (Å²) in [6.45, 7) is 3.88. The van der Waals surface area contributed by atoms with Gasteiger partial charge in [-0.15, -0.1) is 6.58 Å². The summed E-state index contributed by atoms with van der Waals surface area (Å²) in [5.41, 5.74) is 1.37. The van der Waals surface area contributed by atoms with Crippen LogP contribution < -0.4 is 0 Å². The molecule has 0 aliphatic carbocycles. The van der Waals surface area contributed by atoms with E-state index in [-0.39, 0.29) is 0 Å². The van der Waals surface area contributed by atoms with Crippen molar-refractivity contribution in [3.05, 3.63) is 67.3 Å². The van der Waals surface area contributed by atoms with Crippen molar-refractivity contribution >= 4 is 0 Å². The highest BCUT2D eigenvalue weighted by Crippen LogP contribution is 2.15. The number of aromatic nitrogens is 2. The van der Waals surface area contributed by atoms with Gasteiger partial charge in [0.15, 0.2) is 0 Å². The number of benzene rings is 1. The number of allylic oxidation sites excluding steroid dienone is 1. The monoisotopic (exact) mass is 212 g/mol. The Balaban J connectivity index is 1.96. The van der Waals surface area contributed by atoms with Gasteiger partial charge in [0.25, 0.3) is 0 Å². The third-order valence-electron chi connectivity index (χ3n) is 2.75. The van der Waals surface area contributed by atoms with E-state index >= 15 is 0 Å². The standard InChI is InChI=1S/C14H16N2/c1-2-14(16-11-10-15-12-16)9-8-13-6-4-3-5-7-13/h2-7,10-12,14H,1,8-9H2. The molecule has 0 bridgehead atoms. The first kappa shape index (κ1) is 10.7. The van der Waals surface area contributed by atoms with Crippen molar-refractivity contribution < 1.29 is 0 Å². The van der Waals surface area contributed by atoms with Crippen LogP contribution in [0.25, 0.3) is 0 Å². The van der Waals surface area contributed by atoms with Crippen LogP contribution in [0.1, 0.15) is 18.0 Å². The van der Waals surface area contributed by atoms with Gasteiger partial charge < -0.3 is 4.57 Å². The highest BCUT2D eigenvalue weighted by Gasteiger charge is 2.05. The molecular weight excluding hydrogens is 196 g/mol. The Labute approximate surface area is 96.3 Å². The summed E-state index contributed by atoms with van der Waals surface area (Å²) in [5, 5.41) is 0. The van der Waals surface area contributed by atoms with Crippen LogP contribution in [0.15, 0.2) is 61.7 Å². The maximum absolute atomic E-state index is 4.06. The van der Waals surface area contributed by atoms with Gasteiger partial charge in [-0.2, -0.15) is 0 Å². The Morgan fingerprint density at radius 2 is 2.12 bits per heavy atom. The van der Waals surface area contributed by atoms with Crippen molar-refractivity contribution in [3.8, 4) is 0 Å². The highest BCUT2D eigenvalue weighted by atomic mass is 15.0. The molecule has 0 saturated carbocycles. The molecule has 1 aromatic heterocycles. The van der Waals surface area contributed by atoms with E-state index in [1.807, 2.05) is 24.7 Å². The Bertz CT molecular complexity index is 417. The maximum Gasteiger partial charge on any atom is 0.0951 e. The molecule has 2 nitrogen and oxygen atoms in total. The van der Waals surface area contributed by atoms with Gasteiger partial charge in [0.1, 0.15) is 0 Å². The maximum atomic E-state index is 4.06. The van der Waals surface area contributed by atoms with Gasteiger partial charge in [-0.3, -0.25) is 0 Å². The zero-order valence-electron chi connectivity index (χ0n) is 9.29. The number of imidazole rings is 1. The van der Waals surface area contributed by atoms with E-state index in [2.05, 4.69) is 40.4 Å². The minimum absolute atomic E-state index is 0.336. The van der Waals surface area contributed by atoms with Crippen molar-refractivity contribution in [2.45, 2.75) is 18.9 Å². The molecule has 1 aromatic carbocycles. The molecule has 0 N–H and O–H groups in total. The van der Waals surface area contributed by atoms with Crippen molar-refractivity contribution in [2.24, 2.45) is 0 Å². The van der Waals surface area contributed by atoms with Crippen LogP contribution in [0.3, 0.4) is 0 Å². The Hall–Kier alpha value is -1.83. The van der Waals surface area contributed by atoms with Gasteiger partial charge in [0.05, 0.1) is 12.4 Å². The van der Waals surface area contributed by atoms with Crippen molar-refractivity contribution in [1.82, 2.24) is 9.55 Å². The quantitative estimate of drug-likeness (QED) is 0.696. The first-order valence-electron chi connectivity index (χ1n) is 5.54. The second kappa shape index (κ2) is 5.31. The molecule has 0 fully saturated rings. The fourth-order valence-corrected chi connectivity index (χ4v) is 1.81. The van der Waals surface area contributed by atoms with Crippen LogP contribution >= 0.6 is 0 Å². The van der Waals surface area contributed by atoms with Crippen molar-refractivity contribution in [1.29, 1.82) is 0 Å². The lowest BCUT2D eigenvalue weighted by Gasteiger charge is -2.13. The Morgan fingerprint density at radius 1 is 1.31 bits per heavy atom. The molecule has 1 heterocycles. The minimum Gasteiger partial charge on any atom is -0.331 e. The minimum atomic E-state index is 0.336. The lowest BCUT2D eigenvalue weighted by atomic mass is 10.1. The van der Waals surface area contributed by atoms with Gasteiger partial charge in [-0.05, 0) is 18.4 Å². The van der Waals surface area contributed by atoms with E-state index in [0.717, 1.165) is 12.8 Å². The van der Waals surface area contributed by atoms with E-state index in [0.29, 0.717) is 6.04 Å². The zero-order chi connectivity index (χ0) is 11.2. The fourth-order valence-electron chi connectivity index (χ4n) is 1.81. The third-order valence-corrected chi connectivity index (χ3v) is 2.75. The average Bonchev–Trinajstić information content (AvgIpc) is 2.85. The predicted molar refractivity (Wildman–Crippen MR) is 66.2 cm³/mol. The smallest absolute Gasteiger partial charge is 0.0951 e. The second-order valence-electron chi connectivity index (χ2n) is 3.84. The molecule has 0 radical (unpaired) electrons. The van der Waals surface area contributed by atoms with Crippen LogP contribution in [0.2, 0.25) is 0 Å². The summed E-state index contributed by atoms with van der Waals surface area (Å²) in [6, 6.07) is 10.9. The van der Waals surface area contributed by atoms with Gasteiger partial charge in [-0.1, -0.05) is 36.4 Å². The summed E-state index contributed by atoms with van der Waals surface area (Å²) in [6.07, 6.45) is 9.73. The molecule has 2 rings (SSSR count). The third kappa shape index (κ3) is 2.60. The molecular formula is C14H16N2. The molecule has 2 heteroatoms. The van der Waals surface area contributed by atoms with Crippen molar-refractivity contribution in [3.63, 3.8) is 0 Å². The molecule has 1 unspecified atom stereocenters. The highest BCUT2D eigenvalue weighted by molar-refractivity contribution is 5.15. The molecule has 1 atom stereocenters. The normalized spacial score (nSPS) is 12.2. The molecule has 82 valence electrons. The van der Waals surface area contributed by atoms with E-state index < -0.39 is 0 Å². The van der Waals surface area contributed by atoms with Gasteiger partial charge in [0, 0.05) is 12.4 Å². The van der Waals surface area contributed by atoms with Crippen LogP contribution in [-0.4, -0.2) is 9.55 Å². The zero-order valence-corrected chi connectivity index (χ0v) is 9.29. The first-order valence-corrected chi connectivity index (χ1v) is 5.54. The number of nitrogens with zero attached hydrogens (tertiary/aromatic N) is 2. The SMILES string of the molecule is C=CC(CCc1ccccc1)n1ccnc1. The summed E-state index contributed by atoms with van der Waals surface area (Å²) < 4.78 is 2.09. The Kier molecular flexibility index (Phi) is 3.54. The van der Waals surface area contributed by atoms with Crippen LogP contribution in [0, 0.1) is 0 Å².